The zero-order valence-electron chi connectivity index (χ0n) is 8.80. The Morgan fingerprint density at radius 3 is 2.20 bits per heavy atom. The summed E-state index contributed by atoms with van der Waals surface area (Å²) in [4.78, 5) is 5.91. The van der Waals surface area contributed by atoms with Crippen molar-refractivity contribution in [3.8, 4) is 0 Å². The topological polar surface area (TPSA) is 46.6 Å². The molecule has 0 saturated heterocycles. The van der Waals surface area contributed by atoms with Crippen LogP contribution >= 0.6 is 11.8 Å². The van der Waals surface area contributed by atoms with E-state index in [-0.39, 0.29) is 4.90 Å². The summed E-state index contributed by atoms with van der Waals surface area (Å²) in [6.07, 6.45) is 1.94. The molecular formula is C9H13NO3S2. The summed E-state index contributed by atoms with van der Waals surface area (Å²) in [5.74, 6) is 0. The Morgan fingerprint density at radius 2 is 1.80 bits per heavy atom. The first-order valence-electron chi connectivity index (χ1n) is 4.19. The molecule has 1 rings (SSSR count). The van der Waals surface area contributed by atoms with Gasteiger partial charge in [0, 0.05) is 11.9 Å². The van der Waals surface area contributed by atoms with Gasteiger partial charge in [-0.15, -0.1) is 11.8 Å². The van der Waals surface area contributed by atoms with Gasteiger partial charge in [0.05, 0.1) is 12.0 Å². The van der Waals surface area contributed by atoms with Gasteiger partial charge >= 0.3 is 0 Å². The Bertz CT molecular complexity index is 413. The highest BCUT2D eigenvalue weighted by atomic mass is 32.2. The highest BCUT2D eigenvalue weighted by molar-refractivity contribution is 7.98. The number of nitrogens with zero attached hydrogens (tertiary/aromatic N) is 1. The molecule has 0 bridgehead atoms. The van der Waals surface area contributed by atoms with Crippen LogP contribution in [0.3, 0.4) is 0 Å². The van der Waals surface area contributed by atoms with Crippen LogP contribution < -0.4 is 0 Å². The summed E-state index contributed by atoms with van der Waals surface area (Å²) in [6.45, 7) is 0. The second kappa shape index (κ2) is 4.98. The molecule has 0 unspecified atom stereocenters. The fourth-order valence-electron chi connectivity index (χ4n) is 0.994. The van der Waals surface area contributed by atoms with E-state index in [1.54, 1.807) is 36.0 Å². The van der Waals surface area contributed by atoms with Crippen molar-refractivity contribution < 1.29 is 13.3 Å². The van der Waals surface area contributed by atoms with E-state index < -0.39 is 10.0 Å². The van der Waals surface area contributed by atoms with Gasteiger partial charge in [-0.25, -0.2) is 8.42 Å². The van der Waals surface area contributed by atoms with Gasteiger partial charge < -0.3 is 0 Å². The summed E-state index contributed by atoms with van der Waals surface area (Å²) < 4.78 is 24.3. The quantitative estimate of drug-likeness (QED) is 0.599. The average molecular weight is 247 g/mol. The van der Waals surface area contributed by atoms with Crippen LogP contribution in [0.5, 0.6) is 0 Å². The molecule has 0 atom stereocenters. The SMILES string of the molecule is CON(C)S(=O)(=O)c1ccc(SC)cc1. The molecule has 1 aromatic carbocycles. The third-order valence-electron chi connectivity index (χ3n) is 1.95. The smallest absolute Gasteiger partial charge is 0.264 e. The first-order chi connectivity index (χ1) is 7.02. The van der Waals surface area contributed by atoms with E-state index in [9.17, 15) is 8.42 Å². The van der Waals surface area contributed by atoms with Crippen LogP contribution in [0.1, 0.15) is 0 Å². The predicted molar refractivity (Wildman–Crippen MR) is 60.2 cm³/mol. The van der Waals surface area contributed by atoms with Crippen molar-refractivity contribution in [1.29, 1.82) is 0 Å². The van der Waals surface area contributed by atoms with Gasteiger partial charge in [0.25, 0.3) is 10.0 Å². The number of sulfonamides is 1. The van der Waals surface area contributed by atoms with Crippen LogP contribution in [0.2, 0.25) is 0 Å². The van der Waals surface area contributed by atoms with Crippen molar-refractivity contribution in [3.05, 3.63) is 24.3 Å². The van der Waals surface area contributed by atoms with Gasteiger partial charge in [-0.2, -0.15) is 0 Å². The van der Waals surface area contributed by atoms with Gasteiger partial charge in [-0.3, -0.25) is 4.84 Å². The van der Waals surface area contributed by atoms with Crippen molar-refractivity contribution in [1.82, 2.24) is 4.47 Å². The third-order valence-corrected chi connectivity index (χ3v) is 4.39. The maximum atomic E-state index is 11.8. The highest BCUT2D eigenvalue weighted by Crippen LogP contribution is 2.19. The summed E-state index contributed by atoms with van der Waals surface area (Å²) >= 11 is 1.56. The van der Waals surface area contributed by atoms with Gasteiger partial charge in [0.15, 0.2) is 0 Å². The molecule has 0 aliphatic rings. The standard InChI is InChI=1S/C9H13NO3S2/c1-10(13-2)15(11,12)9-6-4-8(14-3)5-7-9/h4-7H,1-3H3. The molecule has 0 saturated carbocycles. The van der Waals surface area contributed by atoms with E-state index in [1.807, 2.05) is 6.26 Å². The molecule has 0 aliphatic heterocycles. The van der Waals surface area contributed by atoms with E-state index in [0.717, 1.165) is 9.36 Å². The van der Waals surface area contributed by atoms with Crippen LogP contribution in [0.15, 0.2) is 34.1 Å². The maximum Gasteiger partial charge on any atom is 0.264 e. The maximum absolute atomic E-state index is 11.8. The first kappa shape index (κ1) is 12.5. The van der Waals surface area contributed by atoms with E-state index in [4.69, 9.17) is 0 Å². The fraction of sp³-hybridized carbons (Fsp3) is 0.333. The Hall–Kier alpha value is -0.560. The summed E-state index contributed by atoms with van der Waals surface area (Å²) in [7, 11) is -0.840. The van der Waals surface area contributed by atoms with E-state index in [0.29, 0.717) is 0 Å². The molecule has 0 N–H and O–H groups in total. The molecule has 0 fully saturated rings. The normalized spacial score (nSPS) is 12.0. The first-order valence-corrected chi connectivity index (χ1v) is 6.86. The molecule has 4 nitrogen and oxygen atoms in total. The zero-order valence-corrected chi connectivity index (χ0v) is 10.4. The van der Waals surface area contributed by atoms with Crippen molar-refractivity contribution in [3.63, 3.8) is 0 Å². The number of hydroxylamine groups is 1. The number of hydrogen-bond donors (Lipinski definition) is 0. The molecule has 0 amide bonds. The summed E-state index contributed by atoms with van der Waals surface area (Å²) in [5, 5.41) is 0. The van der Waals surface area contributed by atoms with Crippen molar-refractivity contribution >= 4 is 21.8 Å². The van der Waals surface area contributed by atoms with Crippen LogP contribution in [0, 0.1) is 0 Å². The van der Waals surface area contributed by atoms with Crippen LogP contribution in [-0.2, 0) is 14.9 Å². The molecule has 0 aromatic heterocycles. The molecule has 0 aliphatic carbocycles. The molecule has 0 spiro atoms. The predicted octanol–water partition coefficient (Wildman–Crippen LogP) is 1.59. The van der Waals surface area contributed by atoms with Crippen molar-refractivity contribution in [2.45, 2.75) is 9.79 Å². The molecule has 0 heterocycles. The number of thioether (sulfide) groups is 1. The second-order valence-corrected chi connectivity index (χ2v) is 5.59. The van der Waals surface area contributed by atoms with Crippen molar-refractivity contribution in [2.75, 3.05) is 20.4 Å². The van der Waals surface area contributed by atoms with Crippen LogP contribution in [0.4, 0.5) is 0 Å². The lowest BCUT2D eigenvalue weighted by Crippen LogP contribution is -2.25. The minimum atomic E-state index is -3.51. The van der Waals surface area contributed by atoms with Crippen LogP contribution in [0.25, 0.3) is 0 Å². The lowest BCUT2D eigenvalue weighted by atomic mass is 10.4. The van der Waals surface area contributed by atoms with Gasteiger partial charge in [-0.1, -0.05) is 4.47 Å². The minimum Gasteiger partial charge on any atom is -0.288 e. The molecule has 84 valence electrons. The van der Waals surface area contributed by atoms with Gasteiger partial charge in [0.1, 0.15) is 0 Å². The number of rotatable bonds is 4. The Kier molecular flexibility index (Phi) is 4.15. The molecular weight excluding hydrogens is 234 g/mol. The summed E-state index contributed by atoms with van der Waals surface area (Å²) in [5.41, 5.74) is 0. The highest BCUT2D eigenvalue weighted by Gasteiger charge is 2.20. The number of hydrogen-bond acceptors (Lipinski definition) is 4. The van der Waals surface area contributed by atoms with Gasteiger partial charge in [-0.05, 0) is 30.5 Å². The molecule has 1 aromatic rings. The summed E-state index contributed by atoms with van der Waals surface area (Å²) in [6, 6.07) is 6.66. The largest absolute Gasteiger partial charge is 0.288 e. The monoisotopic (exact) mass is 247 g/mol. The van der Waals surface area contributed by atoms with Gasteiger partial charge in [0.2, 0.25) is 0 Å². The van der Waals surface area contributed by atoms with Crippen molar-refractivity contribution in [2.24, 2.45) is 0 Å². The number of benzene rings is 1. The zero-order chi connectivity index (χ0) is 11.5. The fourth-order valence-corrected chi connectivity index (χ4v) is 2.38. The van der Waals surface area contributed by atoms with E-state index >= 15 is 0 Å². The molecule has 15 heavy (non-hydrogen) atoms. The van der Waals surface area contributed by atoms with E-state index in [2.05, 4.69) is 4.84 Å². The Balaban J connectivity index is 3.06. The lowest BCUT2D eigenvalue weighted by Gasteiger charge is -2.13. The lowest BCUT2D eigenvalue weighted by molar-refractivity contribution is -0.0258. The molecule has 0 radical (unpaired) electrons. The Morgan fingerprint density at radius 1 is 1.27 bits per heavy atom. The van der Waals surface area contributed by atoms with Crippen LogP contribution in [-0.4, -0.2) is 33.3 Å². The van der Waals surface area contributed by atoms with E-state index in [1.165, 1.54) is 14.2 Å². The Labute approximate surface area is 94.2 Å². The third kappa shape index (κ3) is 2.72. The molecule has 6 heteroatoms. The average Bonchev–Trinajstić information content (AvgIpc) is 2.28. The second-order valence-electron chi connectivity index (χ2n) is 2.77. The minimum absolute atomic E-state index is 0.227.